The highest BCUT2D eigenvalue weighted by atomic mass is 16.5. The molecule has 0 aliphatic rings. The van der Waals surface area contributed by atoms with Gasteiger partial charge in [-0.25, -0.2) is 0 Å². The second kappa shape index (κ2) is 15.0. The maximum Gasteiger partial charge on any atom is 0.119 e. The Morgan fingerprint density at radius 1 is 0.886 bits per heavy atom. The molecule has 0 bridgehead atoms. The van der Waals surface area contributed by atoms with Crippen LogP contribution in [0.2, 0.25) is 0 Å². The van der Waals surface area contributed by atoms with Crippen molar-refractivity contribution in [2.45, 2.75) is 58.5 Å². The van der Waals surface area contributed by atoms with E-state index in [1.165, 1.54) is 30.4 Å². The molecule has 0 radical (unpaired) electrons. The molecule has 2 aromatic carbocycles. The zero-order chi connectivity index (χ0) is 24.7. The van der Waals surface area contributed by atoms with Crippen LogP contribution in [0.3, 0.4) is 0 Å². The number of nitrogens with zero attached hydrogens (tertiary/aromatic N) is 1. The molecule has 3 nitrogen and oxygen atoms in total. The van der Waals surface area contributed by atoms with E-state index in [1.54, 1.807) is 6.08 Å². The van der Waals surface area contributed by atoms with Crippen molar-refractivity contribution >= 4 is 6.08 Å². The molecule has 1 heterocycles. The van der Waals surface area contributed by atoms with Crippen molar-refractivity contribution in [3.8, 4) is 28.1 Å². The Hall–Kier alpha value is -3.17. The van der Waals surface area contributed by atoms with Crippen molar-refractivity contribution in [1.82, 2.24) is 4.98 Å². The van der Waals surface area contributed by atoms with E-state index in [2.05, 4.69) is 74.0 Å². The Morgan fingerprint density at radius 3 is 2.31 bits per heavy atom. The van der Waals surface area contributed by atoms with Crippen LogP contribution in [0.5, 0.6) is 5.75 Å². The van der Waals surface area contributed by atoms with E-state index in [-0.39, 0.29) is 0 Å². The Bertz CT molecular complexity index is 1020. The van der Waals surface area contributed by atoms with E-state index in [9.17, 15) is 0 Å². The van der Waals surface area contributed by atoms with Crippen molar-refractivity contribution in [2.75, 3.05) is 13.2 Å². The van der Waals surface area contributed by atoms with E-state index < -0.39 is 0 Å². The summed E-state index contributed by atoms with van der Waals surface area (Å²) in [5, 5.41) is 0. The fourth-order valence-corrected chi connectivity index (χ4v) is 3.86. The van der Waals surface area contributed by atoms with Crippen LogP contribution in [-0.2, 0) is 4.74 Å². The fraction of sp³-hybridized carbons (Fsp3) is 0.344. The molecule has 184 valence electrons. The topological polar surface area (TPSA) is 31.4 Å². The lowest BCUT2D eigenvalue weighted by Gasteiger charge is -2.12. The summed E-state index contributed by atoms with van der Waals surface area (Å²) in [4.78, 5) is 4.67. The quantitative estimate of drug-likeness (QED) is 0.165. The Morgan fingerprint density at radius 2 is 1.63 bits per heavy atom. The molecule has 3 aromatic rings. The SMILES string of the molecule is C=CCOc1ccc(-c2ccc(-c3ccc(C=CCCCC(C)OCCCCC)cc3)cn2)cc1. The first kappa shape index (κ1) is 26.4. The first-order valence-electron chi connectivity index (χ1n) is 12.9. The van der Waals surface area contributed by atoms with Gasteiger partial charge in [-0.3, -0.25) is 4.98 Å². The normalized spacial score (nSPS) is 12.1. The minimum Gasteiger partial charge on any atom is -0.490 e. The summed E-state index contributed by atoms with van der Waals surface area (Å²) in [5.41, 5.74) is 5.53. The van der Waals surface area contributed by atoms with Crippen LogP contribution in [0, 0.1) is 0 Å². The minimum absolute atomic E-state index is 0.357. The van der Waals surface area contributed by atoms with Crippen LogP contribution >= 0.6 is 0 Å². The number of benzene rings is 2. The average Bonchev–Trinajstić information content (AvgIpc) is 2.90. The fourth-order valence-electron chi connectivity index (χ4n) is 3.86. The lowest BCUT2D eigenvalue weighted by atomic mass is 10.0. The van der Waals surface area contributed by atoms with Crippen molar-refractivity contribution in [3.63, 3.8) is 0 Å². The van der Waals surface area contributed by atoms with Gasteiger partial charge in [-0.1, -0.05) is 74.9 Å². The number of unbranched alkanes of at least 4 members (excludes halogenated alkanes) is 3. The molecule has 1 atom stereocenters. The Kier molecular flexibility index (Phi) is 11.3. The summed E-state index contributed by atoms with van der Waals surface area (Å²) >= 11 is 0. The van der Waals surface area contributed by atoms with Gasteiger partial charge in [-0.05, 0) is 74.1 Å². The van der Waals surface area contributed by atoms with Crippen LogP contribution in [0.15, 0.2) is 85.6 Å². The van der Waals surface area contributed by atoms with Gasteiger partial charge in [0.05, 0.1) is 11.8 Å². The molecule has 0 amide bonds. The van der Waals surface area contributed by atoms with Gasteiger partial charge in [0.1, 0.15) is 12.4 Å². The van der Waals surface area contributed by atoms with Gasteiger partial charge < -0.3 is 9.47 Å². The van der Waals surface area contributed by atoms with Gasteiger partial charge in [-0.2, -0.15) is 0 Å². The molecule has 0 saturated carbocycles. The summed E-state index contributed by atoms with van der Waals surface area (Å²) in [6, 6.07) is 20.8. The third kappa shape index (κ3) is 9.18. The largest absolute Gasteiger partial charge is 0.490 e. The van der Waals surface area contributed by atoms with Gasteiger partial charge >= 0.3 is 0 Å². The number of rotatable bonds is 15. The average molecular weight is 470 g/mol. The van der Waals surface area contributed by atoms with E-state index in [4.69, 9.17) is 9.47 Å². The van der Waals surface area contributed by atoms with Gasteiger partial charge in [-0.15, -0.1) is 0 Å². The van der Waals surface area contributed by atoms with Gasteiger partial charge in [0.2, 0.25) is 0 Å². The molecule has 1 unspecified atom stereocenters. The number of ether oxygens (including phenoxy) is 2. The second-order valence-electron chi connectivity index (χ2n) is 8.90. The molecule has 0 spiro atoms. The maximum atomic E-state index is 5.88. The number of aromatic nitrogens is 1. The molecule has 35 heavy (non-hydrogen) atoms. The first-order chi connectivity index (χ1) is 17.2. The monoisotopic (exact) mass is 469 g/mol. The molecule has 0 N–H and O–H groups in total. The number of allylic oxidation sites excluding steroid dienone is 1. The van der Waals surface area contributed by atoms with E-state index in [1.807, 2.05) is 30.5 Å². The highest BCUT2D eigenvalue weighted by Gasteiger charge is 2.03. The van der Waals surface area contributed by atoms with Gasteiger partial charge in [0.15, 0.2) is 0 Å². The van der Waals surface area contributed by atoms with Crippen molar-refractivity contribution in [3.05, 3.63) is 91.2 Å². The molecular formula is C32H39NO2. The van der Waals surface area contributed by atoms with Crippen molar-refractivity contribution in [2.24, 2.45) is 0 Å². The van der Waals surface area contributed by atoms with Crippen LogP contribution in [0.1, 0.15) is 57.9 Å². The molecule has 3 rings (SSSR count). The Balaban J connectivity index is 1.45. The van der Waals surface area contributed by atoms with Crippen LogP contribution in [0.4, 0.5) is 0 Å². The van der Waals surface area contributed by atoms with Crippen LogP contribution in [-0.4, -0.2) is 24.3 Å². The summed E-state index contributed by atoms with van der Waals surface area (Å²) in [6.45, 7) is 9.49. The van der Waals surface area contributed by atoms with Gasteiger partial charge in [0, 0.05) is 23.9 Å². The summed E-state index contributed by atoms with van der Waals surface area (Å²) < 4.78 is 11.4. The van der Waals surface area contributed by atoms with Crippen molar-refractivity contribution in [1.29, 1.82) is 0 Å². The van der Waals surface area contributed by atoms with E-state index in [0.717, 1.165) is 48.4 Å². The lowest BCUT2D eigenvalue weighted by molar-refractivity contribution is 0.0566. The number of hydrogen-bond acceptors (Lipinski definition) is 3. The second-order valence-corrected chi connectivity index (χ2v) is 8.90. The zero-order valence-electron chi connectivity index (χ0n) is 21.3. The van der Waals surface area contributed by atoms with Gasteiger partial charge in [0.25, 0.3) is 0 Å². The molecule has 1 aromatic heterocycles. The maximum absolute atomic E-state index is 5.88. The molecule has 0 fully saturated rings. The minimum atomic E-state index is 0.357. The predicted octanol–water partition coefficient (Wildman–Crippen LogP) is 8.76. The standard InChI is InChI=1S/C32H39NO2/c1-4-6-10-24-34-26(3)11-8-7-9-12-27-13-15-28(16-14-27)30-19-22-32(33-25-30)29-17-20-31(21-18-29)35-23-5-2/h5,9,12-22,25-26H,2,4,6-8,10-11,23-24H2,1,3H3. The smallest absolute Gasteiger partial charge is 0.119 e. The van der Waals surface area contributed by atoms with Crippen molar-refractivity contribution < 1.29 is 9.47 Å². The summed E-state index contributed by atoms with van der Waals surface area (Å²) in [7, 11) is 0. The summed E-state index contributed by atoms with van der Waals surface area (Å²) in [6.07, 6.45) is 15.6. The molecular weight excluding hydrogens is 430 g/mol. The predicted molar refractivity (Wildman–Crippen MR) is 149 cm³/mol. The highest BCUT2D eigenvalue weighted by Crippen LogP contribution is 2.25. The highest BCUT2D eigenvalue weighted by molar-refractivity contribution is 5.68. The number of pyridine rings is 1. The van der Waals surface area contributed by atoms with Crippen LogP contribution in [0.25, 0.3) is 28.5 Å². The molecule has 0 aliphatic heterocycles. The van der Waals surface area contributed by atoms with E-state index in [0.29, 0.717) is 12.7 Å². The summed E-state index contributed by atoms with van der Waals surface area (Å²) in [5.74, 6) is 0.834. The van der Waals surface area contributed by atoms with E-state index >= 15 is 0 Å². The first-order valence-corrected chi connectivity index (χ1v) is 12.9. The number of hydrogen-bond donors (Lipinski definition) is 0. The third-order valence-corrected chi connectivity index (χ3v) is 5.97. The molecule has 0 saturated heterocycles. The molecule has 0 aliphatic carbocycles. The third-order valence-electron chi connectivity index (χ3n) is 5.97. The molecule has 3 heteroatoms. The van der Waals surface area contributed by atoms with Crippen LogP contribution < -0.4 is 4.74 Å². The Labute approximate surface area is 211 Å². The lowest BCUT2D eigenvalue weighted by Crippen LogP contribution is -2.08. The zero-order valence-corrected chi connectivity index (χ0v) is 21.3.